The topological polar surface area (TPSA) is 75.7 Å². The fourth-order valence-electron chi connectivity index (χ4n) is 2.93. The van der Waals surface area contributed by atoms with E-state index in [9.17, 15) is 13.2 Å². The van der Waals surface area contributed by atoms with Gasteiger partial charge >= 0.3 is 0 Å². The third kappa shape index (κ3) is 6.65. The van der Waals surface area contributed by atoms with Crippen LogP contribution in [0.4, 0.5) is 5.69 Å². The summed E-state index contributed by atoms with van der Waals surface area (Å²) in [4.78, 5) is 12.7. The Kier molecular flexibility index (Phi) is 8.34. The van der Waals surface area contributed by atoms with Gasteiger partial charge in [0, 0.05) is 5.02 Å². The normalized spacial score (nSPS) is 12.3. The molecule has 0 unspecified atom stereocenters. The van der Waals surface area contributed by atoms with Crippen molar-refractivity contribution >= 4 is 33.2 Å². The Bertz CT molecular complexity index is 899. The van der Waals surface area contributed by atoms with Crippen LogP contribution in [0.15, 0.2) is 48.5 Å². The zero-order chi connectivity index (χ0) is 21.4. The van der Waals surface area contributed by atoms with Crippen molar-refractivity contribution in [2.24, 2.45) is 0 Å². The van der Waals surface area contributed by atoms with E-state index < -0.39 is 16.1 Å². The molecule has 0 saturated heterocycles. The molecule has 1 N–H and O–H groups in total. The monoisotopic (exact) mass is 438 g/mol. The van der Waals surface area contributed by atoms with Gasteiger partial charge in [-0.1, -0.05) is 37.6 Å². The summed E-state index contributed by atoms with van der Waals surface area (Å²) < 4.78 is 31.5. The lowest BCUT2D eigenvalue weighted by molar-refractivity contribution is -0.122. The summed E-state index contributed by atoms with van der Waals surface area (Å²) in [5.74, 6) is 0.347. The number of halogens is 1. The van der Waals surface area contributed by atoms with Crippen LogP contribution in [0.5, 0.6) is 5.75 Å². The van der Waals surface area contributed by atoms with E-state index in [1.165, 1.54) is 5.56 Å². The lowest BCUT2D eigenvalue weighted by Gasteiger charge is -2.30. The minimum absolute atomic E-state index is 0.267. The molecular weight excluding hydrogens is 412 g/mol. The van der Waals surface area contributed by atoms with Gasteiger partial charge in [0.1, 0.15) is 18.4 Å². The number of carbonyl (C=O) groups excluding carboxylic acids is 1. The molecule has 0 bridgehead atoms. The van der Waals surface area contributed by atoms with Crippen LogP contribution >= 0.6 is 11.6 Å². The molecular formula is C21H27ClN2O4S. The average Bonchev–Trinajstić information content (AvgIpc) is 2.69. The first-order valence-electron chi connectivity index (χ1n) is 9.50. The fourth-order valence-corrected chi connectivity index (χ4v) is 4.27. The van der Waals surface area contributed by atoms with Crippen LogP contribution in [0.25, 0.3) is 0 Å². The highest BCUT2D eigenvalue weighted by Crippen LogP contribution is 2.24. The number of amides is 1. The number of nitrogens with one attached hydrogen (secondary N) is 1. The molecule has 0 aliphatic carbocycles. The Balaban J connectivity index is 2.00. The van der Waals surface area contributed by atoms with Crippen LogP contribution in [0.1, 0.15) is 25.8 Å². The zero-order valence-electron chi connectivity index (χ0n) is 16.9. The largest absolute Gasteiger partial charge is 0.492 e. The molecule has 29 heavy (non-hydrogen) atoms. The smallest absolute Gasteiger partial charge is 0.244 e. The summed E-state index contributed by atoms with van der Waals surface area (Å²) in [6.07, 6.45) is 2.36. The summed E-state index contributed by atoms with van der Waals surface area (Å²) in [5, 5.41) is 3.25. The predicted octanol–water partition coefficient (Wildman–Crippen LogP) is 3.64. The summed E-state index contributed by atoms with van der Waals surface area (Å²) in [5.41, 5.74) is 1.62. The molecule has 2 rings (SSSR count). The second-order valence-corrected chi connectivity index (χ2v) is 8.89. The highest BCUT2D eigenvalue weighted by molar-refractivity contribution is 7.92. The number of anilines is 1. The van der Waals surface area contributed by atoms with E-state index in [1.54, 1.807) is 31.2 Å². The van der Waals surface area contributed by atoms with Gasteiger partial charge in [0.05, 0.1) is 18.5 Å². The summed E-state index contributed by atoms with van der Waals surface area (Å²) in [7, 11) is -3.67. The number of rotatable bonds is 10. The molecule has 1 amide bonds. The maximum atomic E-state index is 12.7. The molecule has 0 radical (unpaired) electrons. The summed E-state index contributed by atoms with van der Waals surface area (Å²) in [6, 6.07) is 13.3. The SMILES string of the molecule is CCc1ccc(OCCNC(=O)[C@H](CC)N(c2ccc(Cl)cc2)S(C)(=O)=O)cc1. The number of benzene rings is 2. The number of sulfonamides is 1. The Morgan fingerprint density at radius 3 is 2.24 bits per heavy atom. The number of hydrogen-bond donors (Lipinski definition) is 1. The number of ether oxygens (including phenoxy) is 1. The standard InChI is InChI=1S/C21H27ClN2O4S/c1-4-16-6-12-19(13-7-16)28-15-14-23-21(25)20(5-2)24(29(3,26)27)18-10-8-17(22)9-11-18/h6-13,20H,4-5,14-15H2,1-3H3,(H,23,25)/t20-/m0/s1. The van der Waals surface area contributed by atoms with Gasteiger partial charge < -0.3 is 10.1 Å². The van der Waals surface area contributed by atoms with Crippen LogP contribution in [-0.2, 0) is 21.2 Å². The Morgan fingerprint density at radius 1 is 1.10 bits per heavy atom. The second-order valence-electron chi connectivity index (χ2n) is 6.60. The molecule has 6 nitrogen and oxygen atoms in total. The van der Waals surface area contributed by atoms with E-state index in [0.717, 1.165) is 22.7 Å². The van der Waals surface area contributed by atoms with Crippen molar-refractivity contribution in [2.45, 2.75) is 32.7 Å². The molecule has 2 aromatic carbocycles. The Morgan fingerprint density at radius 2 is 1.72 bits per heavy atom. The second kappa shape index (κ2) is 10.5. The molecule has 0 aliphatic heterocycles. The minimum Gasteiger partial charge on any atom is -0.492 e. The van der Waals surface area contributed by atoms with Gasteiger partial charge in [-0.15, -0.1) is 0 Å². The molecule has 0 aliphatic rings. The molecule has 0 fully saturated rings. The predicted molar refractivity (Wildman–Crippen MR) is 117 cm³/mol. The molecule has 0 aromatic heterocycles. The summed E-state index contributed by atoms with van der Waals surface area (Å²) in [6.45, 7) is 4.40. The van der Waals surface area contributed by atoms with Crippen molar-refractivity contribution in [3.8, 4) is 5.75 Å². The lowest BCUT2D eigenvalue weighted by Crippen LogP contribution is -2.50. The molecule has 1 atom stereocenters. The van der Waals surface area contributed by atoms with Crippen LogP contribution in [0.2, 0.25) is 5.02 Å². The highest BCUT2D eigenvalue weighted by Gasteiger charge is 2.31. The molecule has 0 heterocycles. The third-order valence-electron chi connectivity index (χ3n) is 4.41. The van der Waals surface area contributed by atoms with Crippen LogP contribution in [0.3, 0.4) is 0 Å². The minimum atomic E-state index is -3.67. The highest BCUT2D eigenvalue weighted by atomic mass is 35.5. The van der Waals surface area contributed by atoms with Crippen molar-refractivity contribution in [3.05, 3.63) is 59.1 Å². The van der Waals surface area contributed by atoms with E-state index >= 15 is 0 Å². The first kappa shape index (κ1) is 23.0. The fraction of sp³-hybridized carbons (Fsp3) is 0.381. The van der Waals surface area contributed by atoms with Crippen molar-refractivity contribution in [2.75, 3.05) is 23.7 Å². The molecule has 0 spiro atoms. The van der Waals surface area contributed by atoms with Gasteiger partial charge in [-0.25, -0.2) is 8.42 Å². The number of hydrogen-bond acceptors (Lipinski definition) is 4. The quantitative estimate of drug-likeness (QED) is 0.574. The number of nitrogens with zero attached hydrogens (tertiary/aromatic N) is 1. The Labute approximate surface area is 177 Å². The van der Waals surface area contributed by atoms with Crippen molar-refractivity contribution in [1.82, 2.24) is 5.32 Å². The first-order chi connectivity index (χ1) is 13.8. The molecule has 8 heteroatoms. The van der Waals surface area contributed by atoms with E-state index in [-0.39, 0.29) is 19.1 Å². The van der Waals surface area contributed by atoms with E-state index in [4.69, 9.17) is 16.3 Å². The van der Waals surface area contributed by atoms with Gasteiger partial charge in [0.2, 0.25) is 15.9 Å². The van der Waals surface area contributed by atoms with Crippen LogP contribution in [0, 0.1) is 0 Å². The van der Waals surface area contributed by atoms with Gasteiger partial charge in [-0.2, -0.15) is 0 Å². The molecule has 2 aromatic rings. The third-order valence-corrected chi connectivity index (χ3v) is 5.84. The molecule has 158 valence electrons. The average molecular weight is 439 g/mol. The summed E-state index contributed by atoms with van der Waals surface area (Å²) >= 11 is 5.90. The first-order valence-corrected chi connectivity index (χ1v) is 11.7. The zero-order valence-corrected chi connectivity index (χ0v) is 18.5. The van der Waals surface area contributed by atoms with E-state index in [1.807, 2.05) is 24.3 Å². The van der Waals surface area contributed by atoms with Gasteiger partial charge in [0.25, 0.3) is 0 Å². The van der Waals surface area contributed by atoms with Gasteiger partial charge in [-0.3, -0.25) is 9.10 Å². The number of carbonyl (C=O) groups is 1. The van der Waals surface area contributed by atoms with E-state index in [0.29, 0.717) is 17.1 Å². The molecule has 0 saturated carbocycles. The lowest BCUT2D eigenvalue weighted by atomic mass is 10.2. The van der Waals surface area contributed by atoms with Gasteiger partial charge in [-0.05, 0) is 54.8 Å². The van der Waals surface area contributed by atoms with Crippen molar-refractivity contribution in [3.63, 3.8) is 0 Å². The maximum absolute atomic E-state index is 12.7. The maximum Gasteiger partial charge on any atom is 0.244 e. The van der Waals surface area contributed by atoms with E-state index in [2.05, 4.69) is 12.2 Å². The Hall–Kier alpha value is -2.25. The van der Waals surface area contributed by atoms with Crippen molar-refractivity contribution < 1.29 is 17.9 Å². The van der Waals surface area contributed by atoms with Crippen molar-refractivity contribution in [1.29, 1.82) is 0 Å². The van der Waals surface area contributed by atoms with Crippen LogP contribution in [-0.4, -0.2) is 39.8 Å². The van der Waals surface area contributed by atoms with Gasteiger partial charge in [0.15, 0.2) is 0 Å². The number of aryl methyl sites for hydroxylation is 1. The van der Waals surface area contributed by atoms with Crippen LogP contribution < -0.4 is 14.4 Å².